The van der Waals surface area contributed by atoms with Gasteiger partial charge in [0.2, 0.25) is 0 Å². The summed E-state index contributed by atoms with van der Waals surface area (Å²) in [6.45, 7) is -3.41. The SMILES string of the molecule is [2H]C([2H])([2H])Oc1cc(OC(F)(F)F)ccc1Oc1cc(OC(F)F)cc(F)c1C(=O)O. The van der Waals surface area contributed by atoms with Crippen molar-refractivity contribution in [2.45, 2.75) is 13.0 Å². The quantitative estimate of drug-likeness (QED) is 0.654. The molecule has 0 saturated heterocycles. The Hall–Kier alpha value is -3.31. The summed E-state index contributed by atoms with van der Waals surface area (Å²) >= 11 is 0. The van der Waals surface area contributed by atoms with Crippen molar-refractivity contribution in [1.29, 1.82) is 0 Å². The zero-order valence-corrected chi connectivity index (χ0v) is 13.2. The fourth-order valence-electron chi connectivity index (χ4n) is 1.98. The van der Waals surface area contributed by atoms with E-state index in [9.17, 15) is 31.1 Å². The van der Waals surface area contributed by atoms with Crippen molar-refractivity contribution in [3.8, 4) is 28.7 Å². The average Bonchev–Trinajstić information content (AvgIpc) is 2.53. The number of carbonyl (C=O) groups is 1. The zero-order chi connectivity index (χ0) is 23.6. The molecule has 0 unspecified atom stereocenters. The fraction of sp³-hybridized carbons (Fsp3) is 0.188. The van der Waals surface area contributed by atoms with Gasteiger partial charge in [0.15, 0.2) is 11.5 Å². The van der Waals surface area contributed by atoms with E-state index in [4.69, 9.17) is 14.0 Å². The van der Waals surface area contributed by atoms with Crippen molar-refractivity contribution in [3.63, 3.8) is 0 Å². The highest BCUT2D eigenvalue weighted by Crippen LogP contribution is 2.39. The van der Waals surface area contributed by atoms with Gasteiger partial charge in [0.1, 0.15) is 28.6 Å². The lowest BCUT2D eigenvalue weighted by molar-refractivity contribution is -0.274. The smallest absolute Gasteiger partial charge is 0.493 e. The van der Waals surface area contributed by atoms with Gasteiger partial charge in [-0.15, -0.1) is 13.2 Å². The van der Waals surface area contributed by atoms with Gasteiger partial charge < -0.3 is 24.1 Å². The number of carboxylic acid groups (broad SMARTS) is 1. The number of rotatable bonds is 7. The van der Waals surface area contributed by atoms with E-state index in [0.29, 0.717) is 30.3 Å². The van der Waals surface area contributed by atoms with Gasteiger partial charge in [-0.25, -0.2) is 9.18 Å². The molecular formula is C16H10F6O6. The third-order valence-electron chi connectivity index (χ3n) is 2.95. The summed E-state index contributed by atoms with van der Waals surface area (Å²) < 4.78 is 115. The lowest BCUT2D eigenvalue weighted by Gasteiger charge is -2.15. The van der Waals surface area contributed by atoms with E-state index in [1.807, 2.05) is 0 Å². The molecular weight excluding hydrogens is 402 g/mol. The van der Waals surface area contributed by atoms with Crippen LogP contribution >= 0.6 is 0 Å². The Labute approximate surface area is 157 Å². The highest BCUT2D eigenvalue weighted by Gasteiger charge is 2.31. The van der Waals surface area contributed by atoms with Crippen LogP contribution in [0, 0.1) is 5.82 Å². The van der Waals surface area contributed by atoms with Crippen molar-refractivity contribution in [3.05, 3.63) is 41.7 Å². The van der Waals surface area contributed by atoms with Gasteiger partial charge in [-0.2, -0.15) is 8.78 Å². The molecule has 0 heterocycles. The van der Waals surface area contributed by atoms with E-state index in [-0.39, 0.29) is 0 Å². The summed E-state index contributed by atoms with van der Waals surface area (Å²) in [5, 5.41) is 9.15. The maximum Gasteiger partial charge on any atom is 0.573 e. The van der Waals surface area contributed by atoms with Crippen molar-refractivity contribution in [2.75, 3.05) is 7.04 Å². The molecule has 0 aromatic heterocycles. The molecule has 28 heavy (non-hydrogen) atoms. The van der Waals surface area contributed by atoms with Gasteiger partial charge in [0, 0.05) is 18.2 Å². The first-order chi connectivity index (χ1) is 14.1. The monoisotopic (exact) mass is 415 g/mol. The van der Waals surface area contributed by atoms with Gasteiger partial charge >= 0.3 is 18.9 Å². The molecule has 2 rings (SSSR count). The predicted molar refractivity (Wildman–Crippen MR) is 79.7 cm³/mol. The molecule has 0 saturated carbocycles. The molecule has 0 aliphatic rings. The normalized spacial score (nSPS) is 13.3. The minimum atomic E-state index is -5.14. The second-order valence-electron chi connectivity index (χ2n) is 4.82. The van der Waals surface area contributed by atoms with Crippen LogP contribution in [0.2, 0.25) is 0 Å². The van der Waals surface area contributed by atoms with E-state index in [1.165, 1.54) is 0 Å². The van der Waals surface area contributed by atoms with E-state index >= 15 is 0 Å². The first-order valence-corrected chi connectivity index (χ1v) is 6.93. The number of carboxylic acids is 1. The van der Waals surface area contributed by atoms with Crippen LogP contribution in [0.5, 0.6) is 28.7 Å². The average molecular weight is 415 g/mol. The maximum atomic E-state index is 14.1. The first-order valence-electron chi connectivity index (χ1n) is 8.43. The Morgan fingerprint density at radius 3 is 2.36 bits per heavy atom. The predicted octanol–water partition coefficient (Wildman–Crippen LogP) is 4.82. The standard InChI is InChI=1S/C16H10F6O6/c1-25-11-5-7(28-16(20,21)22)2-3-10(11)27-12-6-8(26-15(18)19)4-9(17)13(12)14(23)24/h2-6,15H,1H3,(H,23,24)/i1D3. The molecule has 152 valence electrons. The number of aromatic carboxylic acids is 1. The van der Waals surface area contributed by atoms with Crippen LogP contribution in [0.1, 0.15) is 14.5 Å². The molecule has 0 spiro atoms. The maximum absolute atomic E-state index is 14.1. The van der Waals surface area contributed by atoms with Crippen molar-refractivity contribution in [1.82, 2.24) is 0 Å². The first kappa shape index (κ1) is 16.8. The molecule has 0 aliphatic heterocycles. The molecule has 6 nitrogen and oxygen atoms in total. The highest BCUT2D eigenvalue weighted by molar-refractivity contribution is 5.91. The Morgan fingerprint density at radius 2 is 1.79 bits per heavy atom. The number of hydrogen-bond acceptors (Lipinski definition) is 5. The van der Waals surface area contributed by atoms with E-state index < -0.39 is 66.1 Å². The molecule has 2 aromatic rings. The van der Waals surface area contributed by atoms with Crippen LogP contribution in [0.4, 0.5) is 26.3 Å². The second kappa shape index (κ2) is 8.15. The van der Waals surface area contributed by atoms with Crippen LogP contribution in [0.25, 0.3) is 0 Å². The van der Waals surface area contributed by atoms with Gasteiger partial charge in [-0.1, -0.05) is 0 Å². The van der Waals surface area contributed by atoms with Gasteiger partial charge in [0.25, 0.3) is 0 Å². The van der Waals surface area contributed by atoms with Crippen molar-refractivity contribution < 1.29 is 59.3 Å². The van der Waals surface area contributed by atoms with Gasteiger partial charge in [-0.3, -0.25) is 0 Å². The molecule has 0 fully saturated rings. The summed E-state index contributed by atoms with van der Waals surface area (Å²) in [6.07, 6.45) is -5.14. The Kier molecular flexibility index (Phi) is 4.90. The van der Waals surface area contributed by atoms with Gasteiger partial charge in [-0.05, 0) is 12.1 Å². The number of hydrogen-bond donors (Lipinski definition) is 1. The number of benzene rings is 2. The summed E-state index contributed by atoms with van der Waals surface area (Å²) in [5.74, 6) is -7.70. The minimum absolute atomic E-state index is 0.336. The molecule has 0 aliphatic carbocycles. The van der Waals surface area contributed by atoms with Crippen LogP contribution in [0.15, 0.2) is 30.3 Å². The second-order valence-corrected chi connectivity index (χ2v) is 4.82. The van der Waals surface area contributed by atoms with E-state index in [2.05, 4.69) is 14.2 Å². The topological polar surface area (TPSA) is 74.2 Å². The molecule has 0 atom stereocenters. The van der Waals surface area contributed by atoms with Gasteiger partial charge in [0.05, 0.1) is 11.2 Å². The van der Waals surface area contributed by atoms with Crippen LogP contribution < -0.4 is 18.9 Å². The summed E-state index contributed by atoms with van der Waals surface area (Å²) in [7, 11) is -3.20. The molecule has 0 radical (unpaired) electrons. The van der Waals surface area contributed by atoms with Crippen molar-refractivity contribution in [2.24, 2.45) is 0 Å². The summed E-state index contributed by atoms with van der Waals surface area (Å²) in [4.78, 5) is 11.3. The largest absolute Gasteiger partial charge is 0.573 e. The molecule has 2 aromatic carbocycles. The fourth-order valence-corrected chi connectivity index (χ4v) is 1.98. The van der Waals surface area contributed by atoms with Crippen LogP contribution in [0.3, 0.4) is 0 Å². The van der Waals surface area contributed by atoms with E-state index in [1.54, 1.807) is 0 Å². The number of alkyl halides is 5. The lowest BCUT2D eigenvalue weighted by atomic mass is 10.1. The van der Waals surface area contributed by atoms with Crippen molar-refractivity contribution >= 4 is 5.97 Å². The Bertz CT molecular complexity index is 964. The molecule has 1 N–H and O–H groups in total. The van der Waals surface area contributed by atoms with Crippen LogP contribution in [-0.4, -0.2) is 31.1 Å². The number of ether oxygens (including phenoxy) is 4. The number of methoxy groups -OCH3 is 1. The lowest BCUT2D eigenvalue weighted by Crippen LogP contribution is -2.17. The minimum Gasteiger partial charge on any atom is -0.493 e. The molecule has 0 bridgehead atoms. The zero-order valence-electron chi connectivity index (χ0n) is 16.2. The molecule has 0 amide bonds. The summed E-state index contributed by atoms with van der Waals surface area (Å²) in [5.41, 5.74) is -1.16. The third-order valence-corrected chi connectivity index (χ3v) is 2.95. The Morgan fingerprint density at radius 1 is 1.11 bits per heavy atom. The van der Waals surface area contributed by atoms with Crippen LogP contribution in [-0.2, 0) is 0 Å². The summed E-state index contributed by atoms with van der Waals surface area (Å²) in [6, 6.07) is 2.71. The highest BCUT2D eigenvalue weighted by atomic mass is 19.4. The molecule has 12 heteroatoms. The Balaban J connectivity index is 2.55. The van der Waals surface area contributed by atoms with E-state index in [0.717, 1.165) is 0 Å². The third kappa shape index (κ3) is 5.34. The number of halogens is 6.